The number of nitrogens with two attached hydrogens (primary N) is 1. The summed E-state index contributed by atoms with van der Waals surface area (Å²) in [6, 6.07) is 4.47. The van der Waals surface area contributed by atoms with Gasteiger partial charge in [-0.15, -0.1) is 0 Å². The SMILES string of the molecule is NCCC1Oc2ccc(C(=O)NO)cc2NC1=O. The molecule has 1 aliphatic rings. The minimum absolute atomic E-state index is 0.220. The molecular weight excluding hydrogens is 238 g/mol. The molecule has 7 nitrogen and oxygen atoms in total. The second kappa shape index (κ2) is 5.03. The lowest BCUT2D eigenvalue weighted by Gasteiger charge is -2.25. The smallest absolute Gasteiger partial charge is 0.274 e. The molecule has 0 saturated heterocycles. The van der Waals surface area contributed by atoms with Crippen LogP contribution in [0.15, 0.2) is 18.2 Å². The van der Waals surface area contributed by atoms with Gasteiger partial charge in [0, 0.05) is 12.0 Å². The number of amides is 2. The Kier molecular flexibility index (Phi) is 3.45. The normalized spacial score (nSPS) is 17.4. The predicted octanol–water partition coefficient (Wildman–Crippen LogP) is -0.146. The maximum absolute atomic E-state index is 11.7. The Morgan fingerprint density at radius 1 is 1.56 bits per heavy atom. The van der Waals surface area contributed by atoms with Gasteiger partial charge in [0.15, 0.2) is 6.10 Å². The van der Waals surface area contributed by atoms with Crippen molar-refractivity contribution in [3.63, 3.8) is 0 Å². The highest BCUT2D eigenvalue weighted by Crippen LogP contribution is 2.31. The zero-order chi connectivity index (χ0) is 13.1. The minimum Gasteiger partial charge on any atom is -0.478 e. The van der Waals surface area contributed by atoms with Gasteiger partial charge < -0.3 is 15.8 Å². The van der Waals surface area contributed by atoms with E-state index in [1.807, 2.05) is 0 Å². The van der Waals surface area contributed by atoms with Crippen LogP contribution in [-0.4, -0.2) is 29.7 Å². The van der Waals surface area contributed by atoms with Crippen molar-refractivity contribution in [1.82, 2.24) is 5.48 Å². The third-order valence-corrected chi connectivity index (χ3v) is 2.59. The number of anilines is 1. The number of hydroxylamine groups is 1. The zero-order valence-electron chi connectivity index (χ0n) is 9.47. The van der Waals surface area contributed by atoms with Crippen LogP contribution in [0.4, 0.5) is 5.69 Å². The number of ether oxygens (including phenoxy) is 1. The van der Waals surface area contributed by atoms with Gasteiger partial charge in [0.2, 0.25) is 0 Å². The molecule has 0 radical (unpaired) electrons. The van der Waals surface area contributed by atoms with E-state index in [9.17, 15) is 9.59 Å². The van der Waals surface area contributed by atoms with E-state index in [1.54, 1.807) is 6.07 Å². The van der Waals surface area contributed by atoms with Crippen molar-refractivity contribution in [3.05, 3.63) is 23.8 Å². The Labute approximate surface area is 103 Å². The number of hydrogen-bond donors (Lipinski definition) is 4. The average Bonchev–Trinajstić information content (AvgIpc) is 2.38. The summed E-state index contributed by atoms with van der Waals surface area (Å²) in [5.41, 5.74) is 7.52. The maximum atomic E-state index is 11.7. The highest BCUT2D eigenvalue weighted by atomic mass is 16.5. The summed E-state index contributed by atoms with van der Waals surface area (Å²) in [6.07, 6.45) is -0.190. The summed E-state index contributed by atoms with van der Waals surface area (Å²) in [7, 11) is 0. The van der Waals surface area contributed by atoms with E-state index in [0.717, 1.165) is 0 Å². The van der Waals surface area contributed by atoms with Crippen LogP contribution < -0.4 is 21.3 Å². The number of carbonyl (C=O) groups is 2. The third kappa shape index (κ3) is 2.27. The molecule has 1 heterocycles. The molecule has 1 aromatic rings. The van der Waals surface area contributed by atoms with Gasteiger partial charge in [0.25, 0.3) is 11.8 Å². The number of nitrogens with one attached hydrogen (secondary N) is 2. The van der Waals surface area contributed by atoms with E-state index in [4.69, 9.17) is 15.7 Å². The molecule has 0 saturated carbocycles. The van der Waals surface area contributed by atoms with Crippen LogP contribution in [0.25, 0.3) is 0 Å². The van der Waals surface area contributed by atoms with Crippen LogP contribution in [0.3, 0.4) is 0 Å². The lowest BCUT2D eigenvalue weighted by molar-refractivity contribution is -0.123. The molecule has 7 heteroatoms. The van der Waals surface area contributed by atoms with Crippen molar-refractivity contribution in [3.8, 4) is 5.75 Å². The number of rotatable bonds is 3. The van der Waals surface area contributed by atoms with Gasteiger partial charge in [-0.05, 0) is 24.7 Å². The summed E-state index contributed by atoms with van der Waals surface area (Å²) in [6.45, 7) is 0.346. The standard InChI is InChI=1S/C11H13N3O4/c12-4-3-9-11(16)13-7-5-6(10(15)14-17)1-2-8(7)18-9/h1-2,5,9,17H,3-4,12H2,(H,13,16)(H,14,15). The molecule has 1 unspecified atom stereocenters. The van der Waals surface area contributed by atoms with E-state index in [0.29, 0.717) is 24.4 Å². The second-order valence-electron chi connectivity index (χ2n) is 3.82. The first-order valence-corrected chi connectivity index (χ1v) is 5.41. The Morgan fingerprint density at radius 2 is 2.33 bits per heavy atom. The van der Waals surface area contributed by atoms with Gasteiger partial charge in [0.1, 0.15) is 5.75 Å². The van der Waals surface area contributed by atoms with Crippen LogP contribution >= 0.6 is 0 Å². The van der Waals surface area contributed by atoms with E-state index in [-0.39, 0.29) is 11.5 Å². The van der Waals surface area contributed by atoms with Crippen LogP contribution in [0.5, 0.6) is 5.75 Å². The lowest BCUT2D eigenvalue weighted by Crippen LogP contribution is -2.38. The fourth-order valence-corrected chi connectivity index (χ4v) is 1.70. The van der Waals surface area contributed by atoms with Crippen molar-refractivity contribution in [2.24, 2.45) is 5.73 Å². The average molecular weight is 251 g/mol. The Morgan fingerprint density at radius 3 is 3.00 bits per heavy atom. The summed E-state index contributed by atoms with van der Waals surface area (Å²) >= 11 is 0. The van der Waals surface area contributed by atoms with Crippen LogP contribution in [0.1, 0.15) is 16.8 Å². The van der Waals surface area contributed by atoms with Crippen LogP contribution in [0.2, 0.25) is 0 Å². The van der Waals surface area contributed by atoms with Gasteiger partial charge in [-0.25, -0.2) is 5.48 Å². The molecule has 0 aliphatic carbocycles. The van der Waals surface area contributed by atoms with Gasteiger partial charge in [-0.3, -0.25) is 14.8 Å². The number of hydrogen-bond acceptors (Lipinski definition) is 5. The van der Waals surface area contributed by atoms with Gasteiger partial charge >= 0.3 is 0 Å². The molecule has 1 aliphatic heterocycles. The van der Waals surface area contributed by atoms with Crippen molar-refractivity contribution in [1.29, 1.82) is 0 Å². The van der Waals surface area contributed by atoms with Gasteiger partial charge in [-0.1, -0.05) is 0 Å². The van der Waals surface area contributed by atoms with Crippen LogP contribution in [-0.2, 0) is 4.79 Å². The van der Waals surface area contributed by atoms with E-state index in [2.05, 4.69) is 5.32 Å². The largest absolute Gasteiger partial charge is 0.478 e. The zero-order valence-corrected chi connectivity index (χ0v) is 9.47. The maximum Gasteiger partial charge on any atom is 0.274 e. The summed E-state index contributed by atoms with van der Waals surface area (Å²) in [4.78, 5) is 22.9. The molecule has 0 aromatic heterocycles. The van der Waals surface area contributed by atoms with Crippen molar-refractivity contribution >= 4 is 17.5 Å². The van der Waals surface area contributed by atoms with Crippen molar-refractivity contribution in [2.45, 2.75) is 12.5 Å². The number of fused-ring (bicyclic) bond motifs is 1. The van der Waals surface area contributed by atoms with Crippen molar-refractivity contribution < 1.29 is 19.5 Å². The molecule has 18 heavy (non-hydrogen) atoms. The Hall–Kier alpha value is -2.12. The molecule has 0 spiro atoms. The number of carbonyl (C=O) groups excluding carboxylic acids is 2. The fraction of sp³-hybridized carbons (Fsp3) is 0.273. The minimum atomic E-state index is -0.656. The summed E-state index contributed by atoms with van der Waals surface area (Å²) < 4.78 is 5.47. The first kappa shape index (κ1) is 12.3. The first-order chi connectivity index (χ1) is 8.65. The molecular formula is C11H13N3O4. The molecule has 5 N–H and O–H groups in total. The molecule has 2 amide bonds. The first-order valence-electron chi connectivity index (χ1n) is 5.41. The third-order valence-electron chi connectivity index (χ3n) is 2.59. The highest BCUT2D eigenvalue weighted by molar-refractivity contribution is 6.00. The second-order valence-corrected chi connectivity index (χ2v) is 3.82. The molecule has 1 aromatic carbocycles. The lowest BCUT2D eigenvalue weighted by atomic mass is 10.1. The summed E-state index contributed by atoms with van der Waals surface area (Å²) in [5, 5.41) is 11.2. The quantitative estimate of drug-likeness (QED) is 0.441. The van der Waals surface area contributed by atoms with E-state index in [1.165, 1.54) is 17.6 Å². The van der Waals surface area contributed by atoms with E-state index < -0.39 is 12.0 Å². The molecule has 0 bridgehead atoms. The topological polar surface area (TPSA) is 114 Å². The Bertz CT molecular complexity index is 489. The molecule has 1 atom stereocenters. The van der Waals surface area contributed by atoms with Gasteiger partial charge in [-0.2, -0.15) is 0 Å². The predicted molar refractivity (Wildman–Crippen MR) is 62.4 cm³/mol. The molecule has 2 rings (SSSR count). The highest BCUT2D eigenvalue weighted by Gasteiger charge is 2.27. The number of benzene rings is 1. The summed E-state index contributed by atoms with van der Waals surface area (Å²) in [5.74, 6) is -0.479. The van der Waals surface area contributed by atoms with Gasteiger partial charge in [0.05, 0.1) is 5.69 Å². The van der Waals surface area contributed by atoms with Crippen LogP contribution in [0, 0.1) is 0 Å². The fourth-order valence-electron chi connectivity index (χ4n) is 1.70. The monoisotopic (exact) mass is 251 g/mol. The molecule has 96 valence electrons. The van der Waals surface area contributed by atoms with E-state index >= 15 is 0 Å². The Balaban J connectivity index is 2.26. The van der Waals surface area contributed by atoms with Crippen molar-refractivity contribution in [2.75, 3.05) is 11.9 Å². The molecule has 0 fully saturated rings.